The van der Waals surface area contributed by atoms with Crippen molar-refractivity contribution < 1.29 is 9.53 Å². The summed E-state index contributed by atoms with van der Waals surface area (Å²) in [6.07, 6.45) is 0. The van der Waals surface area contributed by atoms with Gasteiger partial charge in [-0.25, -0.2) is 0 Å². The van der Waals surface area contributed by atoms with Crippen LogP contribution in [0.2, 0.25) is 0 Å². The quantitative estimate of drug-likeness (QED) is 0.898. The lowest BCUT2D eigenvalue weighted by Crippen LogP contribution is -2.53. The van der Waals surface area contributed by atoms with Crippen LogP contribution in [0.4, 0.5) is 5.69 Å². The second-order valence-electron chi connectivity index (χ2n) is 6.49. The molecule has 2 aromatic rings. The second-order valence-corrected chi connectivity index (χ2v) is 7.52. The molecular formula is C20H23N3O2S. The molecule has 1 amide bonds. The highest BCUT2D eigenvalue weighted by Gasteiger charge is 2.29. The zero-order valence-corrected chi connectivity index (χ0v) is 15.5. The van der Waals surface area contributed by atoms with E-state index in [-0.39, 0.29) is 11.9 Å². The largest absolute Gasteiger partial charge is 0.457 e. The van der Waals surface area contributed by atoms with E-state index < -0.39 is 0 Å². The minimum absolute atomic E-state index is 0.000897. The number of ether oxygens (including phenoxy) is 1. The lowest BCUT2D eigenvalue weighted by Gasteiger charge is -2.37. The lowest BCUT2D eigenvalue weighted by molar-refractivity contribution is -0.132. The maximum absolute atomic E-state index is 12.5. The van der Waals surface area contributed by atoms with Crippen LogP contribution in [0.15, 0.2) is 54.6 Å². The van der Waals surface area contributed by atoms with Gasteiger partial charge in [0.2, 0.25) is 5.91 Å². The van der Waals surface area contributed by atoms with Crippen LogP contribution in [0.25, 0.3) is 0 Å². The maximum atomic E-state index is 12.5. The molecule has 4 rings (SSSR count). The van der Waals surface area contributed by atoms with E-state index in [9.17, 15) is 4.79 Å². The molecule has 2 saturated heterocycles. The fourth-order valence-electron chi connectivity index (χ4n) is 3.31. The molecule has 5 nitrogen and oxygen atoms in total. The molecule has 0 aliphatic carbocycles. The third-order valence-electron chi connectivity index (χ3n) is 4.79. The maximum Gasteiger partial charge on any atom is 0.240 e. The SMILES string of the molecule is O=C(C1CSCN1)N1CCN(c2ccc(Oc3ccccc3)cc2)CC1. The summed E-state index contributed by atoms with van der Waals surface area (Å²) < 4.78 is 5.85. The van der Waals surface area contributed by atoms with Crippen LogP contribution in [0.3, 0.4) is 0 Å². The number of anilines is 1. The van der Waals surface area contributed by atoms with Crippen LogP contribution in [-0.4, -0.2) is 54.7 Å². The van der Waals surface area contributed by atoms with Gasteiger partial charge in [-0.3, -0.25) is 10.1 Å². The van der Waals surface area contributed by atoms with Crippen molar-refractivity contribution in [3.05, 3.63) is 54.6 Å². The minimum Gasteiger partial charge on any atom is -0.457 e. The number of hydrogen-bond donors (Lipinski definition) is 1. The van der Waals surface area contributed by atoms with Gasteiger partial charge in [0, 0.05) is 43.5 Å². The Balaban J connectivity index is 1.32. The van der Waals surface area contributed by atoms with Crippen LogP contribution in [-0.2, 0) is 4.79 Å². The zero-order chi connectivity index (χ0) is 17.8. The van der Waals surface area contributed by atoms with E-state index in [2.05, 4.69) is 22.3 Å². The predicted octanol–water partition coefficient (Wildman–Crippen LogP) is 2.79. The number of thioether (sulfide) groups is 1. The monoisotopic (exact) mass is 369 g/mol. The molecule has 1 unspecified atom stereocenters. The van der Waals surface area contributed by atoms with E-state index in [0.717, 1.165) is 49.3 Å². The molecule has 2 aromatic carbocycles. The molecule has 2 fully saturated rings. The van der Waals surface area contributed by atoms with Gasteiger partial charge in [-0.05, 0) is 36.4 Å². The van der Waals surface area contributed by atoms with Gasteiger partial charge in [-0.2, -0.15) is 0 Å². The molecule has 26 heavy (non-hydrogen) atoms. The van der Waals surface area contributed by atoms with Gasteiger partial charge in [-0.1, -0.05) is 18.2 Å². The topological polar surface area (TPSA) is 44.8 Å². The smallest absolute Gasteiger partial charge is 0.240 e. The molecule has 0 saturated carbocycles. The Morgan fingerprint density at radius 1 is 0.962 bits per heavy atom. The Morgan fingerprint density at radius 3 is 2.31 bits per heavy atom. The minimum atomic E-state index is 0.000897. The summed E-state index contributed by atoms with van der Waals surface area (Å²) in [5.74, 6) is 3.70. The Bertz CT molecular complexity index is 724. The van der Waals surface area contributed by atoms with Crippen molar-refractivity contribution >= 4 is 23.4 Å². The summed E-state index contributed by atoms with van der Waals surface area (Å²) in [5, 5.41) is 3.27. The molecule has 1 atom stereocenters. The Morgan fingerprint density at radius 2 is 1.65 bits per heavy atom. The zero-order valence-electron chi connectivity index (χ0n) is 14.6. The van der Waals surface area contributed by atoms with Gasteiger partial charge in [0.25, 0.3) is 0 Å². The molecule has 6 heteroatoms. The number of nitrogens with one attached hydrogen (secondary N) is 1. The summed E-state index contributed by atoms with van der Waals surface area (Å²) in [5.41, 5.74) is 1.17. The predicted molar refractivity (Wildman–Crippen MR) is 106 cm³/mol. The molecular weight excluding hydrogens is 346 g/mol. The normalized spacial score (nSPS) is 20.2. The third kappa shape index (κ3) is 3.97. The number of para-hydroxylation sites is 1. The molecule has 0 radical (unpaired) electrons. The van der Waals surface area contributed by atoms with Crippen molar-refractivity contribution in [1.29, 1.82) is 0 Å². The summed E-state index contributed by atoms with van der Waals surface area (Å²) >= 11 is 1.79. The van der Waals surface area contributed by atoms with Gasteiger partial charge in [-0.15, -0.1) is 11.8 Å². The fraction of sp³-hybridized carbons (Fsp3) is 0.350. The van der Waals surface area contributed by atoms with Crippen LogP contribution in [0.1, 0.15) is 0 Å². The summed E-state index contributed by atoms with van der Waals surface area (Å²) in [4.78, 5) is 16.8. The first-order valence-electron chi connectivity index (χ1n) is 8.97. The molecule has 0 aromatic heterocycles. The Labute approximate surface area is 158 Å². The number of rotatable bonds is 4. The van der Waals surface area contributed by atoms with Crippen LogP contribution < -0.4 is 15.0 Å². The highest BCUT2D eigenvalue weighted by atomic mass is 32.2. The Hall–Kier alpha value is -2.18. The van der Waals surface area contributed by atoms with Crippen LogP contribution >= 0.6 is 11.8 Å². The van der Waals surface area contributed by atoms with E-state index in [0.29, 0.717) is 0 Å². The Kier molecular flexibility index (Phi) is 5.32. The molecule has 2 aliphatic heterocycles. The molecule has 2 heterocycles. The van der Waals surface area contributed by atoms with Gasteiger partial charge < -0.3 is 14.5 Å². The molecule has 0 spiro atoms. The van der Waals surface area contributed by atoms with Crippen LogP contribution in [0, 0.1) is 0 Å². The highest BCUT2D eigenvalue weighted by molar-refractivity contribution is 7.99. The molecule has 2 aliphatic rings. The second kappa shape index (κ2) is 8.01. The van der Waals surface area contributed by atoms with Gasteiger partial charge >= 0.3 is 0 Å². The number of nitrogens with zero attached hydrogens (tertiary/aromatic N) is 2. The standard InChI is InChI=1S/C20H23N3O2S/c24-20(19-14-26-15-21-19)23-12-10-22(11-13-23)16-6-8-18(9-7-16)25-17-4-2-1-3-5-17/h1-9,19,21H,10-15H2. The van der Waals surface area contributed by atoms with E-state index in [1.807, 2.05) is 47.4 Å². The summed E-state index contributed by atoms with van der Waals surface area (Å²) in [6.45, 7) is 3.29. The highest BCUT2D eigenvalue weighted by Crippen LogP contribution is 2.25. The number of carbonyl (C=O) groups excluding carboxylic acids is 1. The van der Waals surface area contributed by atoms with Gasteiger partial charge in [0.15, 0.2) is 0 Å². The van der Waals surface area contributed by atoms with Crippen molar-refractivity contribution in [2.24, 2.45) is 0 Å². The number of amides is 1. The average Bonchev–Trinajstić information content (AvgIpc) is 3.24. The average molecular weight is 369 g/mol. The number of benzene rings is 2. The van der Waals surface area contributed by atoms with E-state index in [1.54, 1.807) is 11.8 Å². The van der Waals surface area contributed by atoms with Gasteiger partial charge in [0.05, 0.1) is 6.04 Å². The fourth-order valence-corrected chi connectivity index (χ4v) is 4.24. The van der Waals surface area contributed by atoms with Crippen molar-refractivity contribution in [1.82, 2.24) is 10.2 Å². The first kappa shape index (κ1) is 17.2. The van der Waals surface area contributed by atoms with E-state index in [1.165, 1.54) is 5.69 Å². The molecule has 1 N–H and O–H groups in total. The number of carbonyl (C=O) groups is 1. The summed E-state index contributed by atoms with van der Waals surface area (Å²) in [6, 6.07) is 18.0. The van der Waals surface area contributed by atoms with Crippen molar-refractivity contribution in [3.8, 4) is 11.5 Å². The van der Waals surface area contributed by atoms with Crippen LogP contribution in [0.5, 0.6) is 11.5 Å². The third-order valence-corrected chi connectivity index (χ3v) is 5.73. The first-order chi connectivity index (χ1) is 12.8. The first-order valence-corrected chi connectivity index (χ1v) is 10.1. The van der Waals surface area contributed by atoms with Gasteiger partial charge in [0.1, 0.15) is 11.5 Å². The number of piperazine rings is 1. The molecule has 136 valence electrons. The lowest BCUT2D eigenvalue weighted by atomic mass is 10.2. The van der Waals surface area contributed by atoms with E-state index in [4.69, 9.17) is 4.74 Å². The van der Waals surface area contributed by atoms with Crippen molar-refractivity contribution in [2.45, 2.75) is 6.04 Å². The van der Waals surface area contributed by atoms with Crippen molar-refractivity contribution in [3.63, 3.8) is 0 Å². The summed E-state index contributed by atoms with van der Waals surface area (Å²) in [7, 11) is 0. The van der Waals surface area contributed by atoms with E-state index >= 15 is 0 Å². The van der Waals surface area contributed by atoms with Crippen molar-refractivity contribution in [2.75, 3.05) is 42.7 Å². The number of hydrogen-bond acceptors (Lipinski definition) is 5. The molecule has 0 bridgehead atoms.